The van der Waals surface area contributed by atoms with Gasteiger partial charge in [0.15, 0.2) is 0 Å². The molecule has 0 aromatic rings. The Kier molecular flexibility index (Phi) is 7.64. The number of ether oxygens (including phenoxy) is 2. The van der Waals surface area contributed by atoms with Crippen molar-refractivity contribution in [3.05, 3.63) is 25.3 Å². The summed E-state index contributed by atoms with van der Waals surface area (Å²) in [5, 5.41) is 0. The Bertz CT molecular complexity index is 211. The van der Waals surface area contributed by atoms with E-state index in [1.165, 1.54) is 7.11 Å². The average molecular weight is 212 g/mol. The maximum absolute atomic E-state index is 11.1. The number of methoxy groups -OCH3 is 1. The predicted octanol–water partition coefficient (Wildman–Crippen LogP) is 2.33. The highest BCUT2D eigenvalue weighted by atomic mass is 16.5. The highest BCUT2D eigenvalue weighted by Gasteiger charge is 2.19. The first kappa shape index (κ1) is 13.9. The van der Waals surface area contributed by atoms with E-state index >= 15 is 0 Å². The van der Waals surface area contributed by atoms with Crippen LogP contribution in [0.5, 0.6) is 0 Å². The average Bonchev–Trinajstić information content (AvgIpc) is 2.23. The van der Waals surface area contributed by atoms with E-state index in [1.807, 2.05) is 6.92 Å². The summed E-state index contributed by atoms with van der Waals surface area (Å²) in [6.45, 7) is 9.71. The summed E-state index contributed by atoms with van der Waals surface area (Å²) in [5.74, 6) is -0.0887. The second kappa shape index (κ2) is 8.24. The SMILES string of the molecule is C=CCO[C@H](CC=C)[C@@H](C)CC(=O)OC. The minimum atomic E-state index is -0.209. The molecule has 0 aromatic carbocycles. The smallest absolute Gasteiger partial charge is 0.305 e. The summed E-state index contributed by atoms with van der Waals surface area (Å²) < 4.78 is 10.2. The van der Waals surface area contributed by atoms with Crippen molar-refractivity contribution >= 4 is 5.97 Å². The van der Waals surface area contributed by atoms with Crippen molar-refractivity contribution in [3.63, 3.8) is 0 Å². The molecule has 3 heteroatoms. The monoisotopic (exact) mass is 212 g/mol. The van der Waals surface area contributed by atoms with Gasteiger partial charge in [-0.25, -0.2) is 0 Å². The third kappa shape index (κ3) is 6.07. The molecule has 0 spiro atoms. The summed E-state index contributed by atoms with van der Waals surface area (Å²) in [5.41, 5.74) is 0. The maximum atomic E-state index is 11.1. The molecule has 2 atom stereocenters. The zero-order valence-electron chi connectivity index (χ0n) is 9.57. The Hall–Kier alpha value is -1.09. The molecule has 0 N–H and O–H groups in total. The van der Waals surface area contributed by atoms with Crippen LogP contribution in [0.1, 0.15) is 19.8 Å². The third-order valence-corrected chi connectivity index (χ3v) is 2.18. The molecule has 0 saturated heterocycles. The first-order chi connectivity index (χ1) is 7.15. The molecule has 0 amide bonds. The van der Waals surface area contributed by atoms with Crippen LogP contribution in [0.2, 0.25) is 0 Å². The van der Waals surface area contributed by atoms with Gasteiger partial charge < -0.3 is 9.47 Å². The summed E-state index contributed by atoms with van der Waals surface area (Å²) in [6, 6.07) is 0. The number of carbonyl (C=O) groups is 1. The second-order valence-electron chi connectivity index (χ2n) is 3.44. The van der Waals surface area contributed by atoms with Gasteiger partial charge in [-0.1, -0.05) is 19.1 Å². The van der Waals surface area contributed by atoms with Gasteiger partial charge in [0.1, 0.15) is 0 Å². The predicted molar refractivity (Wildman–Crippen MR) is 60.5 cm³/mol. The van der Waals surface area contributed by atoms with Crippen LogP contribution in [0.25, 0.3) is 0 Å². The minimum absolute atomic E-state index is 0.000370. The molecule has 0 bridgehead atoms. The van der Waals surface area contributed by atoms with E-state index in [0.29, 0.717) is 13.0 Å². The lowest BCUT2D eigenvalue weighted by atomic mass is 9.98. The van der Waals surface area contributed by atoms with E-state index in [1.54, 1.807) is 12.2 Å². The molecular weight excluding hydrogens is 192 g/mol. The van der Waals surface area contributed by atoms with E-state index in [9.17, 15) is 4.79 Å². The Labute approximate surface area is 91.8 Å². The van der Waals surface area contributed by atoms with Crippen LogP contribution < -0.4 is 0 Å². The topological polar surface area (TPSA) is 35.5 Å². The van der Waals surface area contributed by atoms with Crippen molar-refractivity contribution in [1.82, 2.24) is 0 Å². The maximum Gasteiger partial charge on any atom is 0.305 e. The van der Waals surface area contributed by atoms with Crippen LogP contribution in [-0.4, -0.2) is 25.8 Å². The van der Waals surface area contributed by atoms with Crippen LogP contribution in [0, 0.1) is 5.92 Å². The van der Waals surface area contributed by atoms with E-state index in [0.717, 1.165) is 6.42 Å². The van der Waals surface area contributed by atoms with Gasteiger partial charge in [0.2, 0.25) is 0 Å². The van der Waals surface area contributed by atoms with Gasteiger partial charge in [-0.2, -0.15) is 0 Å². The molecule has 0 aromatic heterocycles. The Morgan fingerprint density at radius 1 is 1.40 bits per heavy atom. The number of hydrogen-bond acceptors (Lipinski definition) is 3. The highest BCUT2D eigenvalue weighted by Crippen LogP contribution is 2.16. The summed E-state index contributed by atoms with van der Waals surface area (Å²) in [7, 11) is 1.39. The van der Waals surface area contributed by atoms with Crippen LogP contribution in [0.4, 0.5) is 0 Å². The summed E-state index contributed by atoms with van der Waals surface area (Å²) in [4.78, 5) is 11.1. The van der Waals surface area contributed by atoms with Gasteiger partial charge in [0, 0.05) is 0 Å². The standard InChI is InChI=1S/C12H20O3/c1-5-7-11(15-8-6-2)10(3)9-12(13)14-4/h5-6,10-11H,1-2,7-9H2,3-4H3/t10-,11+/m0/s1. The molecular formula is C12H20O3. The van der Waals surface area contributed by atoms with Gasteiger partial charge in [0.25, 0.3) is 0 Å². The van der Waals surface area contributed by atoms with Crippen LogP contribution >= 0.6 is 0 Å². The Morgan fingerprint density at radius 3 is 2.53 bits per heavy atom. The third-order valence-electron chi connectivity index (χ3n) is 2.18. The van der Waals surface area contributed by atoms with Gasteiger partial charge in [-0.15, -0.1) is 13.2 Å². The quantitative estimate of drug-likeness (QED) is 0.457. The van der Waals surface area contributed by atoms with Crippen LogP contribution in [0.15, 0.2) is 25.3 Å². The molecule has 15 heavy (non-hydrogen) atoms. The molecule has 0 radical (unpaired) electrons. The number of esters is 1. The lowest BCUT2D eigenvalue weighted by molar-refractivity contribution is -0.142. The second-order valence-corrected chi connectivity index (χ2v) is 3.44. The molecule has 3 nitrogen and oxygen atoms in total. The largest absolute Gasteiger partial charge is 0.469 e. The summed E-state index contributed by atoms with van der Waals surface area (Å²) >= 11 is 0. The number of hydrogen-bond donors (Lipinski definition) is 0. The van der Waals surface area contributed by atoms with Gasteiger partial charge in [-0.05, 0) is 12.3 Å². The molecule has 0 aliphatic heterocycles. The van der Waals surface area contributed by atoms with Crippen molar-refractivity contribution in [2.75, 3.05) is 13.7 Å². The van der Waals surface area contributed by atoms with Crippen LogP contribution in [-0.2, 0) is 14.3 Å². The Balaban J connectivity index is 4.13. The lowest BCUT2D eigenvalue weighted by Gasteiger charge is -2.21. The van der Waals surface area contributed by atoms with E-state index in [2.05, 4.69) is 17.9 Å². The van der Waals surface area contributed by atoms with Gasteiger partial charge >= 0.3 is 5.97 Å². The summed E-state index contributed by atoms with van der Waals surface area (Å²) in [6.07, 6.45) is 4.58. The molecule has 0 rings (SSSR count). The molecule has 0 aliphatic carbocycles. The first-order valence-electron chi connectivity index (χ1n) is 5.05. The van der Waals surface area contributed by atoms with Crippen LogP contribution in [0.3, 0.4) is 0 Å². The number of rotatable bonds is 8. The highest BCUT2D eigenvalue weighted by molar-refractivity contribution is 5.69. The van der Waals surface area contributed by atoms with E-state index in [-0.39, 0.29) is 18.0 Å². The zero-order valence-corrected chi connectivity index (χ0v) is 9.57. The van der Waals surface area contributed by atoms with Crippen molar-refractivity contribution in [2.24, 2.45) is 5.92 Å². The van der Waals surface area contributed by atoms with E-state index < -0.39 is 0 Å². The molecule has 0 fully saturated rings. The number of carbonyl (C=O) groups excluding carboxylic acids is 1. The molecule has 0 heterocycles. The molecule has 0 saturated carbocycles. The fourth-order valence-corrected chi connectivity index (χ4v) is 1.30. The van der Waals surface area contributed by atoms with Gasteiger partial charge in [-0.3, -0.25) is 4.79 Å². The zero-order chi connectivity index (χ0) is 11.7. The first-order valence-corrected chi connectivity index (χ1v) is 5.05. The molecule has 86 valence electrons. The fraction of sp³-hybridized carbons (Fsp3) is 0.583. The lowest BCUT2D eigenvalue weighted by Crippen LogP contribution is -2.24. The van der Waals surface area contributed by atoms with Crippen molar-refractivity contribution in [1.29, 1.82) is 0 Å². The van der Waals surface area contributed by atoms with Gasteiger partial charge in [0.05, 0.1) is 26.2 Å². The Morgan fingerprint density at radius 2 is 2.07 bits per heavy atom. The van der Waals surface area contributed by atoms with Crippen molar-refractivity contribution < 1.29 is 14.3 Å². The van der Waals surface area contributed by atoms with Crippen molar-refractivity contribution in [2.45, 2.75) is 25.9 Å². The molecule has 0 aliphatic rings. The molecule has 0 unspecified atom stereocenters. The van der Waals surface area contributed by atoms with Crippen molar-refractivity contribution in [3.8, 4) is 0 Å². The fourth-order valence-electron chi connectivity index (χ4n) is 1.30. The minimum Gasteiger partial charge on any atom is -0.469 e. The van der Waals surface area contributed by atoms with E-state index in [4.69, 9.17) is 4.74 Å². The normalized spacial score (nSPS) is 14.0.